The highest BCUT2D eigenvalue weighted by molar-refractivity contribution is 5.95. The lowest BCUT2D eigenvalue weighted by Crippen LogP contribution is -2.42. The van der Waals surface area contributed by atoms with Gasteiger partial charge in [0.1, 0.15) is 0 Å². The Labute approximate surface area is 126 Å². The third-order valence-electron chi connectivity index (χ3n) is 3.73. The van der Waals surface area contributed by atoms with Crippen molar-refractivity contribution in [2.75, 3.05) is 5.32 Å². The van der Waals surface area contributed by atoms with Crippen molar-refractivity contribution in [3.63, 3.8) is 0 Å². The summed E-state index contributed by atoms with van der Waals surface area (Å²) in [6.45, 7) is 1.84. The van der Waals surface area contributed by atoms with Crippen LogP contribution in [0.1, 0.15) is 19.8 Å². The molecule has 22 heavy (non-hydrogen) atoms. The van der Waals surface area contributed by atoms with E-state index in [4.69, 9.17) is 0 Å². The maximum absolute atomic E-state index is 12.3. The number of rotatable bonds is 4. The number of nitro groups is 1. The molecule has 1 aromatic rings. The Morgan fingerprint density at radius 1 is 1.23 bits per heavy atom. The van der Waals surface area contributed by atoms with Crippen molar-refractivity contribution in [2.45, 2.75) is 19.8 Å². The monoisotopic (exact) mass is 303 g/mol. The highest BCUT2D eigenvalue weighted by Crippen LogP contribution is 2.30. The Hall–Kier alpha value is -2.70. The highest BCUT2D eigenvalue weighted by Gasteiger charge is 2.31. The van der Waals surface area contributed by atoms with E-state index in [0.29, 0.717) is 12.1 Å². The molecular weight excluding hydrogens is 288 g/mol. The van der Waals surface area contributed by atoms with Crippen LogP contribution in [0, 0.1) is 22.0 Å². The number of carboxylic acid groups (broad SMARTS) is 1. The maximum atomic E-state index is 12.3. The van der Waals surface area contributed by atoms with Gasteiger partial charge in [0.05, 0.1) is 10.8 Å². The van der Waals surface area contributed by atoms with E-state index in [-0.39, 0.29) is 12.1 Å². The third-order valence-corrected chi connectivity index (χ3v) is 3.73. The molecule has 0 saturated carbocycles. The lowest BCUT2D eigenvalue weighted by atomic mass is 9.79. The smallest absolute Gasteiger partial charge is 0.269 e. The van der Waals surface area contributed by atoms with Crippen LogP contribution in [0.4, 0.5) is 11.4 Å². The quantitative estimate of drug-likeness (QED) is 0.511. The molecule has 0 saturated heterocycles. The molecule has 1 amide bonds. The summed E-state index contributed by atoms with van der Waals surface area (Å²) in [5.41, 5.74) is 1.27. The number of nitro benzene ring substituents is 1. The number of benzene rings is 1. The van der Waals surface area contributed by atoms with Crippen LogP contribution in [0.15, 0.2) is 35.9 Å². The van der Waals surface area contributed by atoms with Gasteiger partial charge in [0.2, 0.25) is 5.91 Å². The first kappa shape index (κ1) is 15.7. The maximum Gasteiger partial charge on any atom is 0.269 e. The molecule has 2 atom stereocenters. The number of aliphatic carboxylic acids is 1. The number of nitrogens with zero attached hydrogens (tertiary/aromatic N) is 1. The Morgan fingerprint density at radius 2 is 1.86 bits per heavy atom. The number of non-ortho nitro benzene ring substituents is 1. The highest BCUT2D eigenvalue weighted by atomic mass is 16.6. The number of hydrogen-bond acceptors (Lipinski definition) is 5. The van der Waals surface area contributed by atoms with Gasteiger partial charge in [-0.2, -0.15) is 0 Å². The molecule has 0 aromatic heterocycles. The molecule has 0 heterocycles. The first-order chi connectivity index (χ1) is 10.4. The molecule has 1 N–H and O–H groups in total. The second kappa shape index (κ2) is 6.38. The van der Waals surface area contributed by atoms with E-state index in [1.807, 2.05) is 6.92 Å². The Balaban J connectivity index is 2.11. The summed E-state index contributed by atoms with van der Waals surface area (Å²) < 4.78 is 0. The van der Waals surface area contributed by atoms with E-state index in [1.165, 1.54) is 24.3 Å². The molecule has 116 valence electrons. The topological polar surface area (TPSA) is 112 Å². The van der Waals surface area contributed by atoms with E-state index in [9.17, 15) is 24.8 Å². The van der Waals surface area contributed by atoms with Crippen molar-refractivity contribution in [3.05, 3.63) is 46.0 Å². The number of allylic oxidation sites excluding steroid dienone is 2. The molecule has 7 heteroatoms. The van der Waals surface area contributed by atoms with Crippen molar-refractivity contribution < 1.29 is 19.6 Å². The summed E-state index contributed by atoms with van der Waals surface area (Å²) in [5.74, 6) is -3.23. The minimum atomic E-state index is -1.24. The molecule has 1 aliphatic carbocycles. The molecule has 0 bridgehead atoms. The van der Waals surface area contributed by atoms with Crippen LogP contribution in [0.5, 0.6) is 0 Å². The van der Waals surface area contributed by atoms with Crippen molar-refractivity contribution >= 4 is 23.3 Å². The van der Waals surface area contributed by atoms with Gasteiger partial charge < -0.3 is 15.2 Å². The summed E-state index contributed by atoms with van der Waals surface area (Å²) in [6, 6.07) is 5.38. The average Bonchev–Trinajstić information content (AvgIpc) is 2.47. The van der Waals surface area contributed by atoms with Gasteiger partial charge in [0.15, 0.2) is 0 Å². The van der Waals surface area contributed by atoms with Crippen LogP contribution in [0.25, 0.3) is 0 Å². The first-order valence-electron chi connectivity index (χ1n) is 6.80. The molecule has 1 aliphatic rings. The van der Waals surface area contributed by atoms with Gasteiger partial charge in [-0.05, 0) is 31.9 Å². The van der Waals surface area contributed by atoms with Crippen molar-refractivity contribution in [1.29, 1.82) is 0 Å². The molecule has 7 nitrogen and oxygen atoms in total. The second-order valence-corrected chi connectivity index (χ2v) is 5.32. The molecule has 0 radical (unpaired) electrons. The Morgan fingerprint density at radius 3 is 2.41 bits per heavy atom. The van der Waals surface area contributed by atoms with Crippen LogP contribution in [-0.4, -0.2) is 16.8 Å². The number of hydrogen-bond donors (Lipinski definition) is 1. The van der Waals surface area contributed by atoms with E-state index in [1.54, 1.807) is 6.08 Å². The predicted molar refractivity (Wildman–Crippen MR) is 76.7 cm³/mol. The van der Waals surface area contributed by atoms with Crippen LogP contribution >= 0.6 is 0 Å². The Kier molecular flexibility index (Phi) is 4.55. The van der Waals surface area contributed by atoms with Crippen LogP contribution in [0.2, 0.25) is 0 Å². The molecule has 0 fully saturated rings. The minimum Gasteiger partial charge on any atom is -0.550 e. The lowest BCUT2D eigenvalue weighted by molar-refractivity contribution is -0.384. The van der Waals surface area contributed by atoms with E-state index < -0.39 is 28.6 Å². The number of carbonyl (C=O) groups excluding carboxylic acids is 2. The van der Waals surface area contributed by atoms with Gasteiger partial charge in [-0.1, -0.05) is 11.6 Å². The number of carboxylic acids is 1. The zero-order valence-corrected chi connectivity index (χ0v) is 11.9. The standard InChI is InChI=1S/C15H16N2O5/c1-9-2-7-12(15(19)20)13(8-9)14(18)16-10-3-5-11(6-4-10)17(21)22/h2-6,12-13H,7-8H2,1H3,(H,16,18)(H,19,20)/p-1/t12-,13+/m1/s1. The molecule has 0 spiro atoms. The van der Waals surface area contributed by atoms with Crippen molar-refractivity contribution in [2.24, 2.45) is 11.8 Å². The molecular formula is C15H15N2O5-. The average molecular weight is 303 g/mol. The van der Waals surface area contributed by atoms with Gasteiger partial charge in [-0.3, -0.25) is 14.9 Å². The fraction of sp³-hybridized carbons (Fsp3) is 0.333. The van der Waals surface area contributed by atoms with Crippen LogP contribution in [0.3, 0.4) is 0 Å². The van der Waals surface area contributed by atoms with E-state index in [2.05, 4.69) is 5.32 Å². The minimum absolute atomic E-state index is 0.0814. The molecule has 1 aromatic carbocycles. The largest absolute Gasteiger partial charge is 0.550 e. The van der Waals surface area contributed by atoms with Gasteiger partial charge in [-0.25, -0.2) is 0 Å². The zero-order chi connectivity index (χ0) is 16.3. The molecule has 2 rings (SSSR count). The number of nitrogens with one attached hydrogen (secondary N) is 1. The van der Waals surface area contributed by atoms with Gasteiger partial charge in [-0.15, -0.1) is 0 Å². The fourth-order valence-electron chi connectivity index (χ4n) is 2.50. The molecule has 0 unspecified atom stereocenters. The molecule has 0 aliphatic heterocycles. The van der Waals surface area contributed by atoms with E-state index in [0.717, 1.165) is 5.57 Å². The predicted octanol–water partition coefficient (Wildman–Crippen LogP) is 1.26. The van der Waals surface area contributed by atoms with Crippen molar-refractivity contribution in [3.8, 4) is 0 Å². The summed E-state index contributed by atoms with van der Waals surface area (Å²) in [4.78, 5) is 33.5. The normalized spacial score (nSPS) is 20.9. The van der Waals surface area contributed by atoms with Gasteiger partial charge in [0, 0.05) is 29.7 Å². The van der Waals surface area contributed by atoms with Crippen molar-refractivity contribution in [1.82, 2.24) is 0 Å². The zero-order valence-electron chi connectivity index (χ0n) is 11.9. The van der Waals surface area contributed by atoms with Crippen LogP contribution in [-0.2, 0) is 9.59 Å². The second-order valence-electron chi connectivity index (χ2n) is 5.32. The first-order valence-corrected chi connectivity index (χ1v) is 6.80. The Bertz CT molecular complexity index is 636. The third kappa shape index (κ3) is 3.49. The summed E-state index contributed by atoms with van der Waals surface area (Å²) in [7, 11) is 0. The number of anilines is 1. The summed E-state index contributed by atoms with van der Waals surface area (Å²) >= 11 is 0. The number of amides is 1. The van der Waals surface area contributed by atoms with Gasteiger partial charge >= 0.3 is 0 Å². The lowest BCUT2D eigenvalue weighted by Gasteiger charge is -2.30. The summed E-state index contributed by atoms with van der Waals surface area (Å²) in [6.07, 6.45) is 2.43. The SMILES string of the molecule is CC1=CC[C@@H](C(=O)[O-])[C@@H](C(=O)Nc2ccc([N+](=O)[O-])cc2)C1. The summed E-state index contributed by atoms with van der Waals surface area (Å²) in [5, 5.41) is 24.3. The van der Waals surface area contributed by atoms with E-state index >= 15 is 0 Å². The van der Waals surface area contributed by atoms with Gasteiger partial charge in [0.25, 0.3) is 5.69 Å². The fourth-order valence-corrected chi connectivity index (χ4v) is 2.50. The number of carbonyl (C=O) groups is 2. The van der Waals surface area contributed by atoms with Crippen LogP contribution < -0.4 is 10.4 Å².